The van der Waals surface area contributed by atoms with Crippen molar-refractivity contribution in [1.29, 1.82) is 0 Å². The van der Waals surface area contributed by atoms with Crippen LogP contribution in [0.15, 0.2) is 34.9 Å². The van der Waals surface area contributed by atoms with Crippen LogP contribution in [0, 0.1) is 0 Å². The summed E-state index contributed by atoms with van der Waals surface area (Å²) in [4.78, 5) is 11.6. The van der Waals surface area contributed by atoms with Gasteiger partial charge in [-0.2, -0.15) is 0 Å². The third-order valence-electron chi connectivity index (χ3n) is 2.09. The molecule has 2 N–H and O–H groups in total. The summed E-state index contributed by atoms with van der Waals surface area (Å²) in [7, 11) is 0. The molecule has 0 unspecified atom stereocenters. The van der Waals surface area contributed by atoms with Crippen molar-refractivity contribution in [1.82, 2.24) is 10.2 Å². The lowest BCUT2D eigenvalue weighted by molar-refractivity contribution is 0.0996. The van der Waals surface area contributed by atoms with Crippen LogP contribution in [0.2, 0.25) is 0 Å². The first kappa shape index (κ1) is 12.1. The van der Waals surface area contributed by atoms with Gasteiger partial charge in [0.1, 0.15) is 5.82 Å². The first-order valence-electron chi connectivity index (χ1n) is 5.60. The van der Waals surface area contributed by atoms with Gasteiger partial charge in [0.05, 0.1) is 6.26 Å². The molecule has 0 aromatic carbocycles. The average molecular weight is 246 g/mol. The highest BCUT2D eigenvalue weighted by atomic mass is 16.3. The number of hydrogen-bond donors (Lipinski definition) is 2. The van der Waals surface area contributed by atoms with Gasteiger partial charge in [-0.1, -0.05) is 0 Å². The lowest BCUT2D eigenvalue weighted by atomic mass is 10.4. The van der Waals surface area contributed by atoms with Crippen LogP contribution in [-0.4, -0.2) is 22.1 Å². The predicted molar refractivity (Wildman–Crippen MR) is 67.5 cm³/mol. The second-order valence-electron chi connectivity index (χ2n) is 4.03. The van der Waals surface area contributed by atoms with Crippen LogP contribution < -0.4 is 10.6 Å². The Morgan fingerprint density at radius 3 is 2.50 bits per heavy atom. The van der Waals surface area contributed by atoms with Crippen molar-refractivity contribution in [3.05, 3.63) is 36.3 Å². The molecular weight excluding hydrogens is 232 g/mol. The fourth-order valence-electron chi connectivity index (χ4n) is 1.36. The molecule has 0 aliphatic carbocycles. The number of carbonyl (C=O) groups excluding carboxylic acids is 1. The standard InChI is InChI=1S/C12H14N4O2/c1-8(2)13-10-5-6-11(16-15-10)14-12(17)9-4-3-7-18-9/h3-8H,1-2H3,(H,13,15)(H,14,16,17). The first-order chi connectivity index (χ1) is 8.65. The summed E-state index contributed by atoms with van der Waals surface area (Å²) in [5.41, 5.74) is 0. The van der Waals surface area contributed by atoms with Crippen molar-refractivity contribution in [2.45, 2.75) is 19.9 Å². The molecule has 6 heteroatoms. The zero-order chi connectivity index (χ0) is 13.0. The van der Waals surface area contributed by atoms with E-state index in [1.807, 2.05) is 13.8 Å². The van der Waals surface area contributed by atoms with Crippen LogP contribution in [0.25, 0.3) is 0 Å². The molecule has 94 valence electrons. The van der Waals surface area contributed by atoms with E-state index in [2.05, 4.69) is 20.8 Å². The van der Waals surface area contributed by atoms with E-state index in [4.69, 9.17) is 4.42 Å². The number of furan rings is 1. The van der Waals surface area contributed by atoms with E-state index in [1.54, 1.807) is 24.3 Å². The normalized spacial score (nSPS) is 10.4. The Hall–Kier alpha value is -2.37. The van der Waals surface area contributed by atoms with Crippen LogP contribution >= 0.6 is 0 Å². The Morgan fingerprint density at radius 2 is 1.94 bits per heavy atom. The number of amides is 1. The maximum Gasteiger partial charge on any atom is 0.292 e. The first-order valence-corrected chi connectivity index (χ1v) is 5.60. The van der Waals surface area contributed by atoms with Crippen molar-refractivity contribution in [2.24, 2.45) is 0 Å². The fraction of sp³-hybridized carbons (Fsp3) is 0.250. The second-order valence-corrected chi connectivity index (χ2v) is 4.03. The molecule has 0 bridgehead atoms. The summed E-state index contributed by atoms with van der Waals surface area (Å²) in [6.45, 7) is 4.02. The SMILES string of the molecule is CC(C)Nc1ccc(NC(=O)c2ccco2)nn1. The fourth-order valence-corrected chi connectivity index (χ4v) is 1.36. The summed E-state index contributed by atoms with van der Waals surface area (Å²) in [5, 5.41) is 13.5. The van der Waals surface area contributed by atoms with Crippen LogP contribution in [0.4, 0.5) is 11.6 Å². The lowest BCUT2D eigenvalue weighted by Gasteiger charge is -2.08. The van der Waals surface area contributed by atoms with Gasteiger partial charge in [-0.15, -0.1) is 10.2 Å². The van der Waals surface area contributed by atoms with Crippen LogP contribution in [0.1, 0.15) is 24.4 Å². The zero-order valence-electron chi connectivity index (χ0n) is 10.2. The molecule has 0 fully saturated rings. The molecular formula is C12H14N4O2. The molecule has 0 atom stereocenters. The summed E-state index contributed by atoms with van der Waals surface area (Å²) in [6, 6.07) is 6.94. The summed E-state index contributed by atoms with van der Waals surface area (Å²) >= 11 is 0. The highest BCUT2D eigenvalue weighted by molar-refractivity contribution is 6.01. The molecule has 0 spiro atoms. The maximum absolute atomic E-state index is 11.6. The number of rotatable bonds is 4. The highest BCUT2D eigenvalue weighted by Crippen LogP contribution is 2.09. The monoisotopic (exact) mass is 246 g/mol. The van der Waals surface area contributed by atoms with Gasteiger partial charge in [-0.05, 0) is 38.1 Å². The maximum atomic E-state index is 11.6. The third kappa shape index (κ3) is 3.07. The van der Waals surface area contributed by atoms with Gasteiger partial charge in [-0.3, -0.25) is 4.79 Å². The Labute approximate surface area is 104 Å². The van der Waals surface area contributed by atoms with E-state index in [9.17, 15) is 4.79 Å². The molecule has 18 heavy (non-hydrogen) atoms. The molecule has 0 saturated heterocycles. The van der Waals surface area contributed by atoms with Crippen molar-refractivity contribution in [3.63, 3.8) is 0 Å². The molecule has 2 aromatic rings. The van der Waals surface area contributed by atoms with E-state index in [1.165, 1.54) is 6.26 Å². The summed E-state index contributed by atoms with van der Waals surface area (Å²) < 4.78 is 4.97. The predicted octanol–water partition coefficient (Wildman–Crippen LogP) is 2.14. The highest BCUT2D eigenvalue weighted by Gasteiger charge is 2.09. The third-order valence-corrected chi connectivity index (χ3v) is 2.09. The van der Waals surface area contributed by atoms with E-state index >= 15 is 0 Å². The smallest absolute Gasteiger partial charge is 0.292 e. The van der Waals surface area contributed by atoms with Gasteiger partial charge < -0.3 is 15.1 Å². The van der Waals surface area contributed by atoms with Crippen molar-refractivity contribution >= 4 is 17.5 Å². The Balaban J connectivity index is 2.00. The Bertz CT molecular complexity index is 505. The number of nitrogens with one attached hydrogen (secondary N) is 2. The minimum atomic E-state index is -0.348. The number of nitrogens with zero attached hydrogens (tertiary/aromatic N) is 2. The van der Waals surface area contributed by atoms with Crippen LogP contribution in [-0.2, 0) is 0 Å². The van der Waals surface area contributed by atoms with Gasteiger partial charge in [0, 0.05) is 6.04 Å². The lowest BCUT2D eigenvalue weighted by Crippen LogP contribution is -2.14. The number of aromatic nitrogens is 2. The van der Waals surface area contributed by atoms with E-state index in [0.29, 0.717) is 11.6 Å². The summed E-state index contributed by atoms with van der Waals surface area (Å²) in [6.07, 6.45) is 1.44. The number of hydrogen-bond acceptors (Lipinski definition) is 5. The van der Waals surface area contributed by atoms with E-state index in [0.717, 1.165) is 0 Å². The molecule has 0 aliphatic heterocycles. The van der Waals surface area contributed by atoms with E-state index < -0.39 is 0 Å². The molecule has 2 rings (SSSR count). The minimum absolute atomic E-state index is 0.237. The number of carbonyl (C=O) groups is 1. The number of anilines is 2. The molecule has 0 radical (unpaired) electrons. The molecule has 1 amide bonds. The van der Waals surface area contributed by atoms with Gasteiger partial charge in [-0.25, -0.2) is 0 Å². The largest absolute Gasteiger partial charge is 0.459 e. The van der Waals surface area contributed by atoms with Gasteiger partial charge in [0.15, 0.2) is 11.6 Å². The average Bonchev–Trinajstić information content (AvgIpc) is 2.84. The van der Waals surface area contributed by atoms with Crippen molar-refractivity contribution in [2.75, 3.05) is 10.6 Å². The minimum Gasteiger partial charge on any atom is -0.459 e. The van der Waals surface area contributed by atoms with Crippen molar-refractivity contribution in [3.8, 4) is 0 Å². The molecule has 6 nitrogen and oxygen atoms in total. The van der Waals surface area contributed by atoms with Gasteiger partial charge in [0.2, 0.25) is 0 Å². The summed E-state index contributed by atoms with van der Waals surface area (Å²) in [5.74, 6) is 0.937. The van der Waals surface area contributed by atoms with Gasteiger partial charge >= 0.3 is 0 Å². The molecule has 2 aromatic heterocycles. The van der Waals surface area contributed by atoms with Crippen LogP contribution in [0.5, 0.6) is 0 Å². The second kappa shape index (κ2) is 5.31. The Morgan fingerprint density at radius 1 is 1.22 bits per heavy atom. The molecule has 2 heterocycles. The van der Waals surface area contributed by atoms with Crippen molar-refractivity contribution < 1.29 is 9.21 Å². The van der Waals surface area contributed by atoms with E-state index in [-0.39, 0.29) is 17.7 Å². The zero-order valence-corrected chi connectivity index (χ0v) is 10.2. The topological polar surface area (TPSA) is 80.0 Å². The Kier molecular flexibility index (Phi) is 3.57. The molecule has 0 saturated carbocycles. The quantitative estimate of drug-likeness (QED) is 0.863. The molecule has 0 aliphatic rings. The van der Waals surface area contributed by atoms with Crippen LogP contribution in [0.3, 0.4) is 0 Å². The van der Waals surface area contributed by atoms with Gasteiger partial charge in [0.25, 0.3) is 5.91 Å².